The van der Waals surface area contributed by atoms with Gasteiger partial charge in [-0.05, 0) is 25.0 Å². The summed E-state index contributed by atoms with van der Waals surface area (Å²) in [6.45, 7) is 0.851. The van der Waals surface area contributed by atoms with Gasteiger partial charge in [0, 0.05) is 11.1 Å². The van der Waals surface area contributed by atoms with E-state index in [1.165, 1.54) is 0 Å². The summed E-state index contributed by atoms with van der Waals surface area (Å²) in [5.74, 6) is 0. The van der Waals surface area contributed by atoms with Gasteiger partial charge in [0.05, 0.1) is 10.0 Å². The fourth-order valence-electron chi connectivity index (χ4n) is 3.70. The molecule has 0 aromatic heterocycles. The molecule has 0 amide bonds. The lowest BCUT2D eigenvalue weighted by molar-refractivity contribution is 0.462. The normalized spacial score (nSPS) is 13.9. The molecule has 0 aliphatic rings. The van der Waals surface area contributed by atoms with Crippen LogP contribution in [0.15, 0.2) is 29.4 Å². The summed E-state index contributed by atoms with van der Waals surface area (Å²) in [6.07, 6.45) is 0. The Bertz CT molecular complexity index is 2010. The first-order chi connectivity index (χ1) is 17.4. The topological polar surface area (TPSA) is 326 Å². The van der Waals surface area contributed by atoms with E-state index in [1.807, 2.05) is 0 Å². The SMILES string of the molecule is Cc1c(-c2c(C)c(S(=O)(=O)O)c(Cl)c(S(=O)(=O)O)c2S(=O)(=O)O)c(S(=O)(=O)O)c(S(=O)(=O)O)c(Cl)c1S(=O)(=O)O. The first-order valence-corrected chi connectivity index (χ1v) is 18.3. The van der Waals surface area contributed by atoms with E-state index in [-0.39, 0.29) is 0 Å². The third-order valence-electron chi connectivity index (χ3n) is 4.89. The summed E-state index contributed by atoms with van der Waals surface area (Å²) in [6, 6.07) is 0. The molecule has 0 bridgehead atoms. The fraction of sp³-hybridized carbons (Fsp3) is 0.143. The molecule has 226 valence electrons. The molecular formula is C14H12Cl2O18S6. The van der Waals surface area contributed by atoms with Gasteiger partial charge in [0.1, 0.15) is 29.4 Å². The average molecular weight is 732 g/mol. The summed E-state index contributed by atoms with van der Waals surface area (Å²) in [7, 11) is -36.4. The molecule has 2 aromatic rings. The Labute approximate surface area is 236 Å². The number of hydrogen-bond acceptors (Lipinski definition) is 12. The quantitative estimate of drug-likeness (QED) is 0.214. The van der Waals surface area contributed by atoms with Gasteiger partial charge in [-0.2, -0.15) is 50.5 Å². The molecule has 2 rings (SSSR count). The van der Waals surface area contributed by atoms with E-state index < -0.39 is 122 Å². The Morgan fingerprint density at radius 3 is 0.700 bits per heavy atom. The maximum Gasteiger partial charge on any atom is 0.297 e. The monoisotopic (exact) mass is 730 g/mol. The van der Waals surface area contributed by atoms with Gasteiger partial charge in [0.15, 0.2) is 0 Å². The second-order valence-corrected chi connectivity index (χ2v) is 16.4. The van der Waals surface area contributed by atoms with E-state index in [0.29, 0.717) is 13.8 Å². The van der Waals surface area contributed by atoms with E-state index in [4.69, 9.17) is 23.2 Å². The van der Waals surface area contributed by atoms with Crippen molar-refractivity contribution in [2.45, 2.75) is 43.2 Å². The van der Waals surface area contributed by atoms with Crippen LogP contribution in [-0.4, -0.2) is 77.8 Å². The molecule has 0 saturated carbocycles. The van der Waals surface area contributed by atoms with Gasteiger partial charge >= 0.3 is 0 Å². The molecule has 18 nitrogen and oxygen atoms in total. The second-order valence-electron chi connectivity index (χ2n) is 7.45. The van der Waals surface area contributed by atoms with Crippen molar-refractivity contribution in [2.24, 2.45) is 0 Å². The van der Waals surface area contributed by atoms with Crippen LogP contribution in [0.2, 0.25) is 10.0 Å². The van der Waals surface area contributed by atoms with E-state index in [9.17, 15) is 77.8 Å². The van der Waals surface area contributed by atoms with E-state index in [1.54, 1.807) is 0 Å². The number of benzene rings is 2. The Hall–Kier alpha value is -1.52. The molecule has 0 unspecified atom stereocenters. The first kappa shape index (κ1) is 34.7. The molecule has 0 aliphatic carbocycles. The van der Waals surface area contributed by atoms with Crippen LogP contribution in [-0.2, 0) is 60.7 Å². The molecule has 0 atom stereocenters. The zero-order valence-electron chi connectivity index (χ0n) is 18.8. The Morgan fingerprint density at radius 2 is 0.550 bits per heavy atom. The van der Waals surface area contributed by atoms with Crippen LogP contribution in [0.25, 0.3) is 11.1 Å². The summed E-state index contributed by atoms with van der Waals surface area (Å²) in [5, 5.41) is -3.66. The minimum Gasteiger partial charge on any atom is -0.282 e. The lowest BCUT2D eigenvalue weighted by Gasteiger charge is -2.24. The third kappa shape index (κ3) is 6.14. The van der Waals surface area contributed by atoms with Crippen molar-refractivity contribution in [1.29, 1.82) is 0 Å². The van der Waals surface area contributed by atoms with Crippen LogP contribution in [0.5, 0.6) is 0 Å². The lowest BCUT2D eigenvalue weighted by Crippen LogP contribution is -2.20. The Kier molecular flexibility index (Phi) is 8.71. The predicted octanol–water partition coefficient (Wildman–Crippen LogP) is 0.757. The molecule has 40 heavy (non-hydrogen) atoms. The first-order valence-electron chi connectivity index (χ1n) is 8.95. The summed E-state index contributed by atoms with van der Waals surface area (Å²) in [4.78, 5) is -12.7. The van der Waals surface area contributed by atoms with Gasteiger partial charge in [0.2, 0.25) is 0 Å². The van der Waals surface area contributed by atoms with E-state index in [2.05, 4.69) is 0 Å². The van der Waals surface area contributed by atoms with Crippen molar-refractivity contribution in [2.75, 3.05) is 0 Å². The van der Waals surface area contributed by atoms with Crippen molar-refractivity contribution in [3.8, 4) is 11.1 Å². The summed E-state index contributed by atoms with van der Waals surface area (Å²) in [5.41, 5.74) is -6.46. The molecule has 0 fully saturated rings. The summed E-state index contributed by atoms with van der Waals surface area (Å²) >= 11 is 11.3. The third-order valence-corrected chi connectivity index (χ3v) is 12.1. The lowest BCUT2D eigenvalue weighted by atomic mass is 9.96. The molecule has 26 heteroatoms. The minimum atomic E-state index is -6.22. The Morgan fingerprint density at radius 1 is 0.375 bits per heavy atom. The number of rotatable bonds is 7. The van der Waals surface area contributed by atoms with Gasteiger partial charge in [0.25, 0.3) is 60.7 Å². The standard InChI is InChI=1S/C14H12Cl2O18S6/c1-3-5(11(37(23,24)25)13(39(29,30)31)7(15)9(3)35(17,18)19)6-4(2)10(36(20,21)22)8(16)14(40(32,33)34)12(6)38(26,27)28/h1-2H3,(H,17,18,19)(H,20,21,22)(H,23,24,25)(H,26,27,28)(H,29,30,31)(H,32,33,34). The maximum absolute atomic E-state index is 12.4. The van der Waals surface area contributed by atoms with Gasteiger partial charge < -0.3 is 0 Å². The van der Waals surface area contributed by atoms with Crippen molar-refractivity contribution in [1.82, 2.24) is 0 Å². The second kappa shape index (κ2) is 10.0. The van der Waals surface area contributed by atoms with E-state index in [0.717, 1.165) is 0 Å². The fourth-order valence-corrected chi connectivity index (χ4v) is 11.5. The van der Waals surface area contributed by atoms with Crippen molar-refractivity contribution < 1.29 is 77.8 Å². The predicted molar refractivity (Wildman–Crippen MR) is 130 cm³/mol. The largest absolute Gasteiger partial charge is 0.297 e. The number of halogens is 2. The highest BCUT2D eigenvalue weighted by Gasteiger charge is 2.43. The molecule has 0 saturated heterocycles. The van der Waals surface area contributed by atoms with E-state index >= 15 is 0 Å². The van der Waals surface area contributed by atoms with Gasteiger partial charge in [-0.15, -0.1) is 0 Å². The van der Waals surface area contributed by atoms with Crippen LogP contribution in [0.1, 0.15) is 11.1 Å². The molecule has 0 spiro atoms. The van der Waals surface area contributed by atoms with Gasteiger partial charge in [-0.1, -0.05) is 23.2 Å². The van der Waals surface area contributed by atoms with Crippen LogP contribution in [0.3, 0.4) is 0 Å². The summed E-state index contributed by atoms with van der Waals surface area (Å²) < 4.78 is 205. The van der Waals surface area contributed by atoms with Crippen LogP contribution >= 0.6 is 23.2 Å². The molecule has 0 radical (unpaired) electrons. The zero-order valence-corrected chi connectivity index (χ0v) is 25.2. The Balaban J connectivity index is 3.93. The van der Waals surface area contributed by atoms with Crippen LogP contribution in [0.4, 0.5) is 0 Å². The van der Waals surface area contributed by atoms with Gasteiger partial charge in [-0.25, -0.2) is 0 Å². The molecule has 0 aliphatic heterocycles. The maximum atomic E-state index is 12.4. The van der Waals surface area contributed by atoms with Crippen LogP contribution < -0.4 is 0 Å². The molecule has 0 heterocycles. The highest BCUT2D eigenvalue weighted by Crippen LogP contribution is 2.50. The average Bonchev–Trinajstić information content (AvgIpc) is 2.61. The molecular weight excluding hydrogens is 719 g/mol. The number of hydrogen-bond donors (Lipinski definition) is 6. The smallest absolute Gasteiger partial charge is 0.282 e. The zero-order chi connectivity index (χ0) is 31.9. The van der Waals surface area contributed by atoms with Crippen LogP contribution in [0, 0.1) is 13.8 Å². The van der Waals surface area contributed by atoms with Crippen molar-refractivity contribution in [3.05, 3.63) is 21.2 Å². The highest BCUT2D eigenvalue weighted by atomic mass is 35.5. The van der Waals surface area contributed by atoms with Crippen molar-refractivity contribution in [3.63, 3.8) is 0 Å². The molecule has 2 aromatic carbocycles. The highest BCUT2D eigenvalue weighted by molar-refractivity contribution is 7.90. The molecule has 6 N–H and O–H groups in total. The van der Waals surface area contributed by atoms with Crippen molar-refractivity contribution >= 4 is 83.9 Å². The van der Waals surface area contributed by atoms with Gasteiger partial charge in [-0.3, -0.25) is 27.3 Å². The minimum absolute atomic E-state index is 0.425.